The number of hydrogen-bond donors (Lipinski definition) is 1. The number of rotatable bonds is 15. The zero-order valence-corrected chi connectivity index (χ0v) is 17.8. The van der Waals surface area contributed by atoms with Gasteiger partial charge in [-0.15, -0.1) is 0 Å². The molecule has 2 atom stereocenters. The van der Waals surface area contributed by atoms with Crippen molar-refractivity contribution in [3.05, 3.63) is 0 Å². The summed E-state index contributed by atoms with van der Waals surface area (Å²) in [4.78, 5) is 29.3. The van der Waals surface area contributed by atoms with Gasteiger partial charge in [-0.05, 0) is 40.0 Å². The summed E-state index contributed by atoms with van der Waals surface area (Å²) in [7, 11) is 7.96. The van der Waals surface area contributed by atoms with E-state index in [4.69, 9.17) is 5.73 Å². The number of unbranched alkanes of at least 4 members (excludes halogenated alkanes) is 2. The van der Waals surface area contributed by atoms with Crippen LogP contribution in [-0.2, 0) is 18.6 Å². The van der Waals surface area contributed by atoms with Crippen LogP contribution in [0.3, 0.4) is 0 Å². The summed E-state index contributed by atoms with van der Waals surface area (Å²) in [5.74, 6) is -0.798. The van der Waals surface area contributed by atoms with E-state index in [2.05, 4.69) is 18.8 Å². The van der Waals surface area contributed by atoms with E-state index >= 15 is 0 Å². The highest BCUT2D eigenvalue weighted by Gasteiger charge is 2.17. The maximum atomic E-state index is 11.5. The molecule has 0 spiro atoms. The Morgan fingerprint density at radius 1 is 0.800 bits per heavy atom. The molecule has 10 heteroatoms. The Balaban J connectivity index is 4.54. The molecule has 0 saturated heterocycles. The molecule has 8 nitrogen and oxygen atoms in total. The van der Waals surface area contributed by atoms with Gasteiger partial charge in [0.05, 0.1) is 32.0 Å². The van der Waals surface area contributed by atoms with E-state index < -0.39 is 11.9 Å². The van der Waals surface area contributed by atoms with E-state index in [-0.39, 0.29) is 13.1 Å². The molecule has 0 aliphatic rings. The Labute approximate surface area is 156 Å². The summed E-state index contributed by atoms with van der Waals surface area (Å²) in [6.45, 7) is 5.05. The van der Waals surface area contributed by atoms with E-state index in [1.165, 1.54) is 0 Å². The molecule has 0 bridgehead atoms. The van der Waals surface area contributed by atoms with Gasteiger partial charge in [0.1, 0.15) is 0 Å². The van der Waals surface area contributed by atoms with Gasteiger partial charge in [-0.2, -0.15) is 0 Å². The summed E-state index contributed by atoms with van der Waals surface area (Å²) in [6, 6.07) is 0. The lowest BCUT2D eigenvalue weighted by atomic mass is 10.2. The third kappa shape index (κ3) is 14.5. The SMILES string of the molecule is CN(C)CCN(CCCCCN)CCN(CC(=O)OP)CC(=O)OP. The zero-order chi connectivity index (χ0) is 19.1. The van der Waals surface area contributed by atoms with Gasteiger partial charge in [-0.1, -0.05) is 6.42 Å². The van der Waals surface area contributed by atoms with E-state index in [1.54, 1.807) is 4.90 Å². The third-order valence-corrected chi connectivity index (χ3v) is 4.27. The van der Waals surface area contributed by atoms with Gasteiger partial charge in [-0.3, -0.25) is 14.5 Å². The second kappa shape index (κ2) is 15.9. The Morgan fingerprint density at radius 2 is 1.32 bits per heavy atom. The average Bonchev–Trinajstić information content (AvgIpc) is 2.59. The van der Waals surface area contributed by atoms with Crippen molar-refractivity contribution in [2.45, 2.75) is 19.3 Å². The van der Waals surface area contributed by atoms with Crippen LogP contribution >= 0.6 is 18.9 Å². The fourth-order valence-electron chi connectivity index (χ4n) is 2.27. The van der Waals surface area contributed by atoms with Crippen LogP contribution in [0.2, 0.25) is 0 Å². The van der Waals surface area contributed by atoms with Gasteiger partial charge < -0.3 is 24.6 Å². The average molecular weight is 396 g/mol. The van der Waals surface area contributed by atoms with Gasteiger partial charge in [-0.25, -0.2) is 0 Å². The molecule has 2 unspecified atom stereocenters. The smallest absolute Gasteiger partial charge is 0.322 e. The maximum Gasteiger partial charge on any atom is 0.322 e. The highest BCUT2D eigenvalue weighted by atomic mass is 31.0. The Bertz CT molecular complexity index is 357. The first-order valence-corrected chi connectivity index (χ1v) is 9.45. The standard InChI is InChI=1S/C15H34N4O4P2/c1-17(2)8-9-18(7-5-3-4-6-16)10-11-19(12-14(20)22-24)13-15(21)23-25/h3-13,16,24-25H2,1-2H3. The summed E-state index contributed by atoms with van der Waals surface area (Å²) >= 11 is 0. The Hall–Kier alpha value is -0.360. The highest BCUT2D eigenvalue weighted by Crippen LogP contribution is 2.02. The minimum Gasteiger partial charge on any atom is -0.451 e. The predicted octanol–water partition coefficient (Wildman–Crippen LogP) is -0.0524. The van der Waals surface area contributed by atoms with Crippen molar-refractivity contribution in [2.75, 3.05) is 66.5 Å². The van der Waals surface area contributed by atoms with E-state index in [1.807, 2.05) is 33.0 Å². The molecular formula is C15H34N4O4P2. The van der Waals surface area contributed by atoms with Crippen molar-refractivity contribution in [2.24, 2.45) is 5.73 Å². The maximum absolute atomic E-state index is 11.5. The molecule has 0 rings (SSSR count). The number of hydrogen-bond acceptors (Lipinski definition) is 8. The summed E-state index contributed by atoms with van der Waals surface area (Å²) in [5, 5.41) is 0. The number of carbonyl (C=O) groups excluding carboxylic acids is 2. The molecule has 0 aromatic carbocycles. The van der Waals surface area contributed by atoms with Gasteiger partial charge in [0, 0.05) is 26.2 Å². The van der Waals surface area contributed by atoms with Crippen LogP contribution in [0.15, 0.2) is 0 Å². The summed E-state index contributed by atoms with van der Waals surface area (Å²) < 4.78 is 9.24. The van der Waals surface area contributed by atoms with Crippen LogP contribution in [0, 0.1) is 0 Å². The number of carbonyl (C=O) groups is 2. The van der Waals surface area contributed by atoms with Crippen LogP contribution in [-0.4, -0.2) is 93.1 Å². The van der Waals surface area contributed by atoms with Gasteiger partial charge in [0.25, 0.3) is 0 Å². The van der Waals surface area contributed by atoms with Crippen molar-refractivity contribution < 1.29 is 18.6 Å². The van der Waals surface area contributed by atoms with Crippen molar-refractivity contribution in [3.63, 3.8) is 0 Å². The third-order valence-electron chi connectivity index (χ3n) is 3.74. The molecule has 148 valence electrons. The first-order chi connectivity index (χ1) is 11.9. The van der Waals surface area contributed by atoms with Crippen LogP contribution in [0.4, 0.5) is 0 Å². The molecular weight excluding hydrogens is 362 g/mol. The molecule has 0 amide bonds. The molecule has 0 heterocycles. The molecule has 2 N–H and O–H groups in total. The normalized spacial score (nSPS) is 11.4. The lowest BCUT2D eigenvalue weighted by molar-refractivity contribution is -0.137. The molecule has 0 aromatic rings. The van der Waals surface area contributed by atoms with E-state index in [9.17, 15) is 9.59 Å². The molecule has 25 heavy (non-hydrogen) atoms. The van der Waals surface area contributed by atoms with E-state index in [0.29, 0.717) is 6.54 Å². The minimum atomic E-state index is -0.399. The van der Waals surface area contributed by atoms with Crippen molar-refractivity contribution in [3.8, 4) is 0 Å². The topological polar surface area (TPSA) is 88.3 Å². The first-order valence-electron chi connectivity index (χ1n) is 8.51. The lowest BCUT2D eigenvalue weighted by Crippen LogP contribution is -2.42. The Kier molecular flexibility index (Phi) is 15.6. The molecule has 0 aliphatic heterocycles. The van der Waals surface area contributed by atoms with Crippen LogP contribution in [0.5, 0.6) is 0 Å². The molecule has 0 radical (unpaired) electrons. The monoisotopic (exact) mass is 396 g/mol. The van der Waals surface area contributed by atoms with Crippen molar-refractivity contribution >= 4 is 30.9 Å². The fourth-order valence-corrected chi connectivity index (χ4v) is 2.42. The zero-order valence-electron chi connectivity index (χ0n) is 15.5. The molecule has 0 aromatic heterocycles. The van der Waals surface area contributed by atoms with E-state index in [0.717, 1.165) is 52.0 Å². The Morgan fingerprint density at radius 3 is 1.80 bits per heavy atom. The fraction of sp³-hybridized carbons (Fsp3) is 0.867. The number of nitrogens with two attached hydrogens (primary N) is 1. The quantitative estimate of drug-likeness (QED) is 0.305. The summed E-state index contributed by atoms with van der Waals surface area (Å²) in [6.07, 6.45) is 3.23. The second-order valence-corrected chi connectivity index (χ2v) is 6.66. The molecule has 0 fully saturated rings. The lowest BCUT2D eigenvalue weighted by Gasteiger charge is -2.27. The summed E-state index contributed by atoms with van der Waals surface area (Å²) in [5.41, 5.74) is 5.54. The predicted molar refractivity (Wildman–Crippen MR) is 106 cm³/mol. The van der Waals surface area contributed by atoms with Crippen molar-refractivity contribution in [1.82, 2.24) is 14.7 Å². The molecule has 0 saturated carbocycles. The minimum absolute atomic E-state index is 0.0535. The van der Waals surface area contributed by atoms with Crippen molar-refractivity contribution in [1.29, 1.82) is 0 Å². The highest BCUT2D eigenvalue weighted by molar-refractivity contribution is 7.11. The van der Waals surface area contributed by atoms with Crippen LogP contribution in [0.25, 0.3) is 0 Å². The van der Waals surface area contributed by atoms with Gasteiger partial charge in [0.2, 0.25) is 0 Å². The van der Waals surface area contributed by atoms with Crippen LogP contribution in [0.1, 0.15) is 19.3 Å². The molecule has 0 aliphatic carbocycles. The van der Waals surface area contributed by atoms with Crippen LogP contribution < -0.4 is 5.73 Å². The second-order valence-electron chi connectivity index (χ2n) is 6.18. The van der Waals surface area contributed by atoms with Gasteiger partial charge >= 0.3 is 11.9 Å². The number of nitrogens with zero attached hydrogens (tertiary/aromatic N) is 3. The van der Waals surface area contributed by atoms with Gasteiger partial charge in [0.15, 0.2) is 0 Å². The largest absolute Gasteiger partial charge is 0.451 e. The first kappa shape index (κ1) is 24.6. The number of likely N-dealkylation sites (N-methyl/N-ethyl adjacent to an activating group) is 1.